The van der Waals surface area contributed by atoms with E-state index in [1.807, 2.05) is 0 Å². The zero-order chi connectivity index (χ0) is 13.4. The quantitative estimate of drug-likeness (QED) is 0.696. The van der Waals surface area contributed by atoms with Crippen LogP contribution in [0.25, 0.3) is 0 Å². The number of nitrogens with zero attached hydrogens (tertiary/aromatic N) is 2. The molecule has 17 heavy (non-hydrogen) atoms. The molecule has 0 aliphatic rings. The molecular formula is C13H29N3O. The van der Waals surface area contributed by atoms with E-state index in [4.69, 9.17) is 5.73 Å². The molecule has 0 aliphatic heterocycles. The number of hydrogen-bond donors (Lipinski definition) is 1. The fourth-order valence-corrected chi connectivity index (χ4v) is 1.54. The Labute approximate surface area is 106 Å². The minimum atomic E-state index is 0.206. The van der Waals surface area contributed by atoms with Crippen molar-refractivity contribution in [2.45, 2.75) is 39.2 Å². The number of hydrogen-bond acceptors (Lipinski definition) is 3. The SMILES string of the molecule is CC(C)C(N)CCN(C)CCCC(=O)N(C)C. The summed E-state index contributed by atoms with van der Waals surface area (Å²) in [4.78, 5) is 15.3. The largest absolute Gasteiger partial charge is 0.349 e. The highest BCUT2D eigenvalue weighted by atomic mass is 16.2. The molecule has 0 aromatic rings. The lowest BCUT2D eigenvalue weighted by Crippen LogP contribution is -2.32. The molecule has 1 unspecified atom stereocenters. The Bertz CT molecular complexity index is 217. The second-order valence-corrected chi connectivity index (χ2v) is 5.39. The van der Waals surface area contributed by atoms with Gasteiger partial charge in [-0.15, -0.1) is 0 Å². The Morgan fingerprint density at radius 3 is 2.24 bits per heavy atom. The molecule has 0 saturated carbocycles. The van der Waals surface area contributed by atoms with Gasteiger partial charge in [0.2, 0.25) is 5.91 Å². The maximum Gasteiger partial charge on any atom is 0.222 e. The zero-order valence-corrected chi connectivity index (χ0v) is 12.1. The van der Waals surface area contributed by atoms with Gasteiger partial charge in [0, 0.05) is 26.6 Å². The minimum absolute atomic E-state index is 0.206. The number of nitrogens with two attached hydrogens (primary N) is 1. The summed E-state index contributed by atoms with van der Waals surface area (Å²) in [6.07, 6.45) is 2.58. The molecule has 4 heteroatoms. The molecule has 0 aromatic heterocycles. The van der Waals surface area contributed by atoms with Gasteiger partial charge in [0.15, 0.2) is 0 Å². The third-order valence-electron chi connectivity index (χ3n) is 3.13. The second kappa shape index (κ2) is 8.48. The van der Waals surface area contributed by atoms with Gasteiger partial charge in [-0.3, -0.25) is 4.79 Å². The molecule has 0 rings (SSSR count). The molecule has 0 bridgehead atoms. The van der Waals surface area contributed by atoms with Crippen LogP contribution in [-0.2, 0) is 4.79 Å². The molecule has 0 fully saturated rings. The Balaban J connectivity index is 3.60. The van der Waals surface area contributed by atoms with Gasteiger partial charge >= 0.3 is 0 Å². The summed E-state index contributed by atoms with van der Waals surface area (Å²) in [5.74, 6) is 0.746. The fourth-order valence-electron chi connectivity index (χ4n) is 1.54. The monoisotopic (exact) mass is 243 g/mol. The van der Waals surface area contributed by atoms with Gasteiger partial charge in [0.25, 0.3) is 0 Å². The van der Waals surface area contributed by atoms with Gasteiger partial charge in [-0.25, -0.2) is 0 Å². The average molecular weight is 243 g/mol. The number of amides is 1. The summed E-state index contributed by atoms with van der Waals surface area (Å²) >= 11 is 0. The molecule has 1 amide bonds. The molecule has 2 N–H and O–H groups in total. The molecule has 102 valence electrons. The minimum Gasteiger partial charge on any atom is -0.349 e. The van der Waals surface area contributed by atoms with Crippen LogP contribution >= 0.6 is 0 Å². The number of rotatable bonds is 8. The maximum absolute atomic E-state index is 11.4. The van der Waals surface area contributed by atoms with Crippen LogP contribution in [0.1, 0.15) is 33.1 Å². The summed E-state index contributed by atoms with van der Waals surface area (Å²) in [6, 6.07) is 0.279. The van der Waals surface area contributed by atoms with Crippen LogP contribution in [0.2, 0.25) is 0 Å². The summed E-state index contributed by atoms with van der Waals surface area (Å²) in [5.41, 5.74) is 5.99. The van der Waals surface area contributed by atoms with Crippen LogP contribution in [0.3, 0.4) is 0 Å². The van der Waals surface area contributed by atoms with Crippen LogP contribution in [0.4, 0.5) is 0 Å². The van der Waals surface area contributed by atoms with Gasteiger partial charge in [0.05, 0.1) is 0 Å². The average Bonchev–Trinajstić information content (AvgIpc) is 2.25. The summed E-state index contributed by atoms with van der Waals surface area (Å²) in [7, 11) is 5.69. The molecule has 0 spiro atoms. The summed E-state index contributed by atoms with van der Waals surface area (Å²) in [6.45, 7) is 6.28. The van der Waals surface area contributed by atoms with E-state index in [9.17, 15) is 4.79 Å². The third kappa shape index (κ3) is 8.16. The predicted molar refractivity (Wildman–Crippen MR) is 72.9 cm³/mol. The first-order chi connectivity index (χ1) is 7.84. The van der Waals surface area contributed by atoms with Crippen LogP contribution in [0.15, 0.2) is 0 Å². The van der Waals surface area contributed by atoms with Crippen molar-refractivity contribution in [1.82, 2.24) is 9.80 Å². The Hall–Kier alpha value is -0.610. The third-order valence-corrected chi connectivity index (χ3v) is 3.13. The van der Waals surface area contributed by atoms with Gasteiger partial charge in [-0.05, 0) is 38.9 Å². The van der Waals surface area contributed by atoms with Gasteiger partial charge < -0.3 is 15.5 Å². The highest BCUT2D eigenvalue weighted by Crippen LogP contribution is 2.04. The van der Waals surface area contributed by atoms with E-state index in [0.29, 0.717) is 12.3 Å². The van der Waals surface area contributed by atoms with E-state index in [0.717, 1.165) is 25.9 Å². The fraction of sp³-hybridized carbons (Fsp3) is 0.923. The van der Waals surface area contributed by atoms with Crippen LogP contribution < -0.4 is 5.73 Å². The van der Waals surface area contributed by atoms with Crippen molar-refractivity contribution in [2.24, 2.45) is 11.7 Å². The van der Waals surface area contributed by atoms with Crippen molar-refractivity contribution in [1.29, 1.82) is 0 Å². The van der Waals surface area contributed by atoms with E-state index in [1.54, 1.807) is 19.0 Å². The molecule has 1 atom stereocenters. The van der Waals surface area contributed by atoms with Gasteiger partial charge in [-0.1, -0.05) is 13.8 Å². The van der Waals surface area contributed by atoms with E-state index in [-0.39, 0.29) is 11.9 Å². The normalized spacial score (nSPS) is 13.2. The molecule has 0 heterocycles. The first-order valence-electron chi connectivity index (χ1n) is 6.48. The molecular weight excluding hydrogens is 214 g/mol. The van der Waals surface area contributed by atoms with Crippen LogP contribution in [0, 0.1) is 5.92 Å². The lowest BCUT2D eigenvalue weighted by molar-refractivity contribution is -0.128. The van der Waals surface area contributed by atoms with Crippen molar-refractivity contribution < 1.29 is 4.79 Å². The predicted octanol–water partition coefficient (Wildman–Crippen LogP) is 1.16. The highest BCUT2D eigenvalue weighted by molar-refractivity contribution is 5.75. The van der Waals surface area contributed by atoms with Crippen molar-refractivity contribution in [3.05, 3.63) is 0 Å². The van der Waals surface area contributed by atoms with Crippen molar-refractivity contribution >= 4 is 5.91 Å². The first-order valence-corrected chi connectivity index (χ1v) is 6.48. The Morgan fingerprint density at radius 2 is 1.76 bits per heavy atom. The van der Waals surface area contributed by atoms with E-state index < -0.39 is 0 Å². The molecule has 0 aliphatic carbocycles. The van der Waals surface area contributed by atoms with Gasteiger partial charge in [-0.2, -0.15) is 0 Å². The van der Waals surface area contributed by atoms with Crippen molar-refractivity contribution in [2.75, 3.05) is 34.2 Å². The molecule has 0 aromatic carbocycles. The standard InChI is InChI=1S/C13H29N3O/c1-11(2)12(14)8-10-16(5)9-6-7-13(17)15(3)4/h11-12H,6-10,14H2,1-5H3. The summed E-state index contributed by atoms with van der Waals surface area (Å²) in [5, 5.41) is 0. The molecule has 0 radical (unpaired) electrons. The van der Waals surface area contributed by atoms with Gasteiger partial charge in [0.1, 0.15) is 0 Å². The van der Waals surface area contributed by atoms with E-state index >= 15 is 0 Å². The molecule has 4 nitrogen and oxygen atoms in total. The smallest absolute Gasteiger partial charge is 0.222 e. The molecule has 0 saturated heterocycles. The Kier molecular flexibility index (Phi) is 8.17. The van der Waals surface area contributed by atoms with Crippen molar-refractivity contribution in [3.63, 3.8) is 0 Å². The van der Waals surface area contributed by atoms with Crippen LogP contribution in [0.5, 0.6) is 0 Å². The first kappa shape index (κ1) is 16.4. The lowest BCUT2D eigenvalue weighted by Gasteiger charge is -2.21. The van der Waals surface area contributed by atoms with Crippen molar-refractivity contribution in [3.8, 4) is 0 Å². The highest BCUT2D eigenvalue weighted by Gasteiger charge is 2.09. The van der Waals surface area contributed by atoms with Crippen LogP contribution in [-0.4, -0.2) is 56.0 Å². The lowest BCUT2D eigenvalue weighted by atomic mass is 10.0. The zero-order valence-electron chi connectivity index (χ0n) is 12.1. The van der Waals surface area contributed by atoms with E-state index in [2.05, 4.69) is 25.8 Å². The van der Waals surface area contributed by atoms with E-state index in [1.165, 1.54) is 0 Å². The topological polar surface area (TPSA) is 49.6 Å². The number of carbonyl (C=O) groups excluding carboxylic acids is 1. The second-order valence-electron chi connectivity index (χ2n) is 5.39. The number of carbonyl (C=O) groups is 1. The summed E-state index contributed by atoms with van der Waals surface area (Å²) < 4.78 is 0. The Morgan fingerprint density at radius 1 is 1.18 bits per heavy atom. The maximum atomic E-state index is 11.4.